The lowest BCUT2D eigenvalue weighted by Gasteiger charge is -2.35. The number of amides is 1. The second-order valence-electron chi connectivity index (χ2n) is 9.18. The van der Waals surface area contributed by atoms with Crippen molar-refractivity contribution in [2.45, 2.75) is 6.42 Å². The molecule has 1 fully saturated rings. The van der Waals surface area contributed by atoms with E-state index in [0.717, 1.165) is 28.4 Å². The fourth-order valence-electron chi connectivity index (χ4n) is 4.78. The SMILES string of the molecule is COc1cccc(-n2nnc3c(N4CCN(C(=O)Cc5ccc(-c6ccccc6)cc5)CC4)ncnc32)c1. The van der Waals surface area contributed by atoms with Gasteiger partial charge in [0.2, 0.25) is 5.91 Å². The van der Waals surface area contributed by atoms with Gasteiger partial charge >= 0.3 is 0 Å². The summed E-state index contributed by atoms with van der Waals surface area (Å²) in [6, 6.07) is 26.1. The Morgan fingerprint density at radius 1 is 0.868 bits per heavy atom. The van der Waals surface area contributed by atoms with Gasteiger partial charge in [-0.15, -0.1) is 5.10 Å². The number of anilines is 1. The molecular formula is C29H27N7O2. The molecule has 3 heterocycles. The molecule has 3 aromatic carbocycles. The van der Waals surface area contributed by atoms with Crippen LogP contribution in [0.25, 0.3) is 28.0 Å². The fraction of sp³-hybridized carbons (Fsp3) is 0.207. The van der Waals surface area contributed by atoms with Crippen LogP contribution in [0.5, 0.6) is 5.75 Å². The Morgan fingerprint density at radius 2 is 1.63 bits per heavy atom. The Labute approximate surface area is 220 Å². The summed E-state index contributed by atoms with van der Waals surface area (Å²) in [7, 11) is 1.63. The van der Waals surface area contributed by atoms with Crippen LogP contribution < -0.4 is 9.64 Å². The molecule has 190 valence electrons. The Kier molecular flexibility index (Phi) is 6.39. The minimum absolute atomic E-state index is 0.133. The highest BCUT2D eigenvalue weighted by atomic mass is 16.5. The van der Waals surface area contributed by atoms with Crippen molar-refractivity contribution in [2.75, 3.05) is 38.2 Å². The number of carbonyl (C=O) groups excluding carboxylic acids is 1. The maximum absolute atomic E-state index is 13.0. The molecule has 5 aromatic rings. The van der Waals surface area contributed by atoms with Crippen molar-refractivity contribution >= 4 is 22.9 Å². The number of aromatic nitrogens is 5. The van der Waals surface area contributed by atoms with Crippen LogP contribution in [0.15, 0.2) is 85.2 Å². The largest absolute Gasteiger partial charge is 0.497 e. The molecule has 1 aliphatic rings. The van der Waals surface area contributed by atoms with Crippen LogP contribution in [0.3, 0.4) is 0 Å². The van der Waals surface area contributed by atoms with E-state index in [1.54, 1.807) is 11.8 Å². The summed E-state index contributed by atoms with van der Waals surface area (Å²) in [5.41, 5.74) is 5.40. The summed E-state index contributed by atoms with van der Waals surface area (Å²) in [5, 5.41) is 8.72. The smallest absolute Gasteiger partial charge is 0.227 e. The summed E-state index contributed by atoms with van der Waals surface area (Å²) in [5.74, 6) is 1.59. The van der Waals surface area contributed by atoms with Gasteiger partial charge in [-0.2, -0.15) is 4.68 Å². The molecule has 0 radical (unpaired) electrons. The molecule has 0 unspecified atom stereocenters. The highest BCUT2D eigenvalue weighted by molar-refractivity contribution is 5.84. The third-order valence-corrected chi connectivity index (χ3v) is 6.86. The Bertz CT molecular complexity index is 1560. The van der Waals surface area contributed by atoms with Gasteiger partial charge in [0.25, 0.3) is 0 Å². The van der Waals surface area contributed by atoms with Gasteiger partial charge in [-0.05, 0) is 28.8 Å². The van der Waals surface area contributed by atoms with Crippen LogP contribution in [0.1, 0.15) is 5.56 Å². The lowest BCUT2D eigenvalue weighted by molar-refractivity contribution is -0.130. The van der Waals surface area contributed by atoms with Crippen LogP contribution in [0.2, 0.25) is 0 Å². The first-order chi connectivity index (χ1) is 18.7. The van der Waals surface area contributed by atoms with E-state index >= 15 is 0 Å². The van der Waals surface area contributed by atoms with Crippen molar-refractivity contribution in [3.8, 4) is 22.6 Å². The molecule has 0 spiro atoms. The Balaban J connectivity index is 1.12. The quantitative estimate of drug-likeness (QED) is 0.347. The number of fused-ring (bicyclic) bond motifs is 1. The predicted octanol–water partition coefficient (Wildman–Crippen LogP) is 3.78. The van der Waals surface area contributed by atoms with Crippen LogP contribution in [0.4, 0.5) is 5.82 Å². The lowest BCUT2D eigenvalue weighted by atomic mass is 10.0. The maximum Gasteiger partial charge on any atom is 0.227 e. The Hall–Kier alpha value is -4.79. The molecule has 2 aromatic heterocycles. The zero-order valence-corrected chi connectivity index (χ0v) is 21.1. The number of hydrogen-bond acceptors (Lipinski definition) is 7. The van der Waals surface area contributed by atoms with Gasteiger partial charge in [0, 0.05) is 32.2 Å². The van der Waals surface area contributed by atoms with E-state index in [0.29, 0.717) is 43.8 Å². The molecule has 0 atom stereocenters. The second-order valence-corrected chi connectivity index (χ2v) is 9.18. The highest BCUT2D eigenvalue weighted by Crippen LogP contribution is 2.25. The third-order valence-electron chi connectivity index (χ3n) is 6.86. The normalized spacial score (nSPS) is 13.6. The monoisotopic (exact) mass is 505 g/mol. The van der Waals surface area contributed by atoms with Crippen molar-refractivity contribution < 1.29 is 9.53 Å². The van der Waals surface area contributed by atoms with Crippen LogP contribution in [-0.4, -0.2) is 69.1 Å². The standard InChI is InChI=1S/C29H27N7O2/c1-38-25-9-5-8-24(19-25)36-29-27(32-33-36)28(30-20-31-29)35-16-14-34(15-17-35)26(37)18-21-10-12-23(13-11-21)22-6-3-2-4-7-22/h2-13,19-20H,14-18H2,1H3. The van der Waals surface area contributed by atoms with Gasteiger partial charge in [0.05, 0.1) is 19.2 Å². The Morgan fingerprint density at radius 3 is 2.39 bits per heavy atom. The number of carbonyl (C=O) groups is 1. The number of methoxy groups -OCH3 is 1. The number of nitrogens with zero attached hydrogens (tertiary/aromatic N) is 7. The summed E-state index contributed by atoms with van der Waals surface area (Å²) in [4.78, 5) is 26.1. The molecular weight excluding hydrogens is 478 g/mol. The van der Waals surface area contributed by atoms with Crippen molar-refractivity contribution in [1.29, 1.82) is 0 Å². The minimum Gasteiger partial charge on any atom is -0.497 e. The summed E-state index contributed by atoms with van der Waals surface area (Å²) in [6.45, 7) is 2.57. The van der Waals surface area contributed by atoms with Crippen LogP contribution in [0, 0.1) is 0 Å². The van der Waals surface area contributed by atoms with Gasteiger partial charge in [0.15, 0.2) is 17.0 Å². The van der Waals surface area contributed by atoms with Crippen molar-refractivity contribution in [3.05, 3.63) is 90.8 Å². The van der Waals surface area contributed by atoms with Gasteiger partial charge < -0.3 is 14.5 Å². The van der Waals surface area contributed by atoms with E-state index in [4.69, 9.17) is 4.74 Å². The first-order valence-corrected chi connectivity index (χ1v) is 12.6. The molecule has 1 amide bonds. The number of ether oxygens (including phenoxy) is 1. The lowest BCUT2D eigenvalue weighted by Crippen LogP contribution is -2.49. The van der Waals surface area contributed by atoms with E-state index in [2.05, 4.69) is 49.4 Å². The summed E-state index contributed by atoms with van der Waals surface area (Å²) in [6.07, 6.45) is 1.93. The van der Waals surface area contributed by atoms with Crippen LogP contribution in [-0.2, 0) is 11.2 Å². The molecule has 0 bridgehead atoms. The number of piperazine rings is 1. The van der Waals surface area contributed by atoms with E-state index < -0.39 is 0 Å². The van der Waals surface area contributed by atoms with Crippen LogP contribution >= 0.6 is 0 Å². The molecule has 0 N–H and O–H groups in total. The minimum atomic E-state index is 0.133. The van der Waals surface area contributed by atoms with Crippen molar-refractivity contribution in [2.24, 2.45) is 0 Å². The average molecular weight is 506 g/mol. The van der Waals surface area contributed by atoms with Crippen molar-refractivity contribution in [3.63, 3.8) is 0 Å². The first kappa shape index (κ1) is 23.6. The molecule has 0 aliphatic carbocycles. The predicted molar refractivity (Wildman–Crippen MR) is 145 cm³/mol. The van der Waals surface area contributed by atoms with Gasteiger partial charge in [-0.25, -0.2) is 9.97 Å². The van der Waals surface area contributed by atoms with E-state index in [1.165, 1.54) is 11.9 Å². The molecule has 9 heteroatoms. The van der Waals surface area contributed by atoms with E-state index in [1.807, 2.05) is 59.5 Å². The zero-order chi connectivity index (χ0) is 25.9. The fourth-order valence-corrected chi connectivity index (χ4v) is 4.78. The molecule has 1 aliphatic heterocycles. The zero-order valence-electron chi connectivity index (χ0n) is 21.1. The third kappa shape index (κ3) is 4.66. The molecule has 38 heavy (non-hydrogen) atoms. The average Bonchev–Trinajstić information content (AvgIpc) is 3.43. The topological polar surface area (TPSA) is 89.3 Å². The molecule has 1 saturated heterocycles. The first-order valence-electron chi connectivity index (χ1n) is 12.6. The number of rotatable bonds is 6. The van der Waals surface area contributed by atoms with Gasteiger partial charge in [-0.1, -0.05) is 65.9 Å². The second kappa shape index (κ2) is 10.3. The summed E-state index contributed by atoms with van der Waals surface area (Å²) >= 11 is 0. The molecule has 0 saturated carbocycles. The summed E-state index contributed by atoms with van der Waals surface area (Å²) < 4.78 is 7.03. The molecule has 9 nitrogen and oxygen atoms in total. The van der Waals surface area contributed by atoms with E-state index in [9.17, 15) is 4.79 Å². The number of benzene rings is 3. The maximum atomic E-state index is 13.0. The van der Waals surface area contributed by atoms with E-state index in [-0.39, 0.29) is 5.91 Å². The number of hydrogen-bond donors (Lipinski definition) is 0. The van der Waals surface area contributed by atoms with Gasteiger partial charge in [-0.3, -0.25) is 4.79 Å². The highest BCUT2D eigenvalue weighted by Gasteiger charge is 2.25. The van der Waals surface area contributed by atoms with Gasteiger partial charge in [0.1, 0.15) is 12.1 Å². The van der Waals surface area contributed by atoms with Crippen molar-refractivity contribution in [1.82, 2.24) is 29.9 Å². The molecule has 6 rings (SSSR count).